The fourth-order valence-electron chi connectivity index (χ4n) is 3.83. The molecular formula is C14H19ClN2O3S. The van der Waals surface area contributed by atoms with Crippen molar-refractivity contribution in [3.8, 4) is 0 Å². The van der Waals surface area contributed by atoms with E-state index in [0.717, 1.165) is 11.8 Å². The van der Waals surface area contributed by atoms with E-state index in [1.807, 2.05) is 0 Å². The number of aromatic nitrogens is 1. The van der Waals surface area contributed by atoms with E-state index >= 15 is 0 Å². The Bertz CT molecular complexity index is 668. The predicted molar refractivity (Wildman–Crippen MR) is 79.7 cm³/mol. The molecule has 2 saturated carbocycles. The van der Waals surface area contributed by atoms with Crippen LogP contribution in [0.25, 0.3) is 0 Å². The average Bonchev–Trinajstić information content (AvgIpc) is 3.09. The molecule has 21 heavy (non-hydrogen) atoms. The van der Waals surface area contributed by atoms with Gasteiger partial charge in [0.2, 0.25) is 0 Å². The van der Waals surface area contributed by atoms with E-state index in [1.54, 1.807) is 7.05 Å². The number of rotatable bonds is 4. The molecule has 2 bridgehead atoms. The summed E-state index contributed by atoms with van der Waals surface area (Å²) in [5, 5.41) is 2.93. The van der Waals surface area contributed by atoms with Gasteiger partial charge < -0.3 is 9.88 Å². The molecule has 1 heterocycles. The molecule has 3 unspecified atom stereocenters. The van der Waals surface area contributed by atoms with Gasteiger partial charge >= 0.3 is 0 Å². The maximum Gasteiger partial charge on any atom is 0.267 e. The fraction of sp³-hybridized carbons (Fsp3) is 0.643. The molecule has 7 heteroatoms. The van der Waals surface area contributed by atoms with E-state index in [9.17, 15) is 13.2 Å². The summed E-state index contributed by atoms with van der Waals surface area (Å²) in [6, 6.07) is 1.32. The fourth-order valence-corrected chi connectivity index (χ4v) is 4.62. The second kappa shape index (κ2) is 5.32. The zero-order valence-electron chi connectivity index (χ0n) is 11.9. The quantitative estimate of drug-likeness (QED) is 0.860. The highest BCUT2D eigenvalue weighted by Crippen LogP contribution is 2.47. The molecule has 116 valence electrons. The normalized spacial score (nSPS) is 28.0. The maximum atomic E-state index is 12.2. The zero-order valence-corrected chi connectivity index (χ0v) is 13.5. The van der Waals surface area contributed by atoms with E-state index in [4.69, 9.17) is 10.7 Å². The first-order valence-electron chi connectivity index (χ1n) is 7.24. The van der Waals surface area contributed by atoms with Gasteiger partial charge in [-0.25, -0.2) is 8.42 Å². The molecule has 3 atom stereocenters. The third-order valence-electron chi connectivity index (χ3n) is 4.90. The van der Waals surface area contributed by atoms with Gasteiger partial charge in [0, 0.05) is 30.5 Å². The summed E-state index contributed by atoms with van der Waals surface area (Å²) in [4.78, 5) is 12.2. The Hall–Kier alpha value is -1.01. The molecule has 0 aliphatic heterocycles. The molecule has 0 saturated heterocycles. The molecule has 2 aliphatic carbocycles. The van der Waals surface area contributed by atoms with Crippen LogP contribution in [-0.2, 0) is 16.1 Å². The van der Waals surface area contributed by atoms with E-state index < -0.39 is 9.05 Å². The Labute approximate surface area is 129 Å². The number of carbonyl (C=O) groups is 1. The Balaban J connectivity index is 1.64. The van der Waals surface area contributed by atoms with Crippen LogP contribution in [0.2, 0.25) is 0 Å². The summed E-state index contributed by atoms with van der Waals surface area (Å²) in [5.74, 6) is 1.93. The predicted octanol–water partition coefficient (Wildman–Crippen LogP) is 2.12. The van der Waals surface area contributed by atoms with Crippen molar-refractivity contribution in [3.05, 3.63) is 18.0 Å². The lowest BCUT2D eigenvalue weighted by Gasteiger charge is -2.21. The minimum Gasteiger partial charge on any atom is -0.350 e. The van der Waals surface area contributed by atoms with Crippen molar-refractivity contribution >= 4 is 25.6 Å². The third-order valence-corrected chi connectivity index (χ3v) is 6.22. The Morgan fingerprint density at radius 3 is 2.71 bits per heavy atom. The monoisotopic (exact) mass is 330 g/mol. The van der Waals surface area contributed by atoms with Crippen molar-refractivity contribution in [2.75, 3.05) is 6.54 Å². The van der Waals surface area contributed by atoms with E-state index in [2.05, 4.69) is 5.32 Å². The van der Waals surface area contributed by atoms with Crippen LogP contribution in [0, 0.1) is 17.8 Å². The number of hydrogen-bond acceptors (Lipinski definition) is 3. The molecule has 0 radical (unpaired) electrons. The van der Waals surface area contributed by atoms with Gasteiger partial charge in [0.15, 0.2) is 0 Å². The molecule has 1 amide bonds. The Morgan fingerprint density at radius 2 is 2.19 bits per heavy atom. The SMILES string of the molecule is Cn1cc(S(=O)(=O)Cl)cc1C(=O)NCC1CC2CCC1C2. The highest BCUT2D eigenvalue weighted by molar-refractivity contribution is 8.13. The van der Waals surface area contributed by atoms with Crippen LogP contribution in [0.4, 0.5) is 0 Å². The minimum absolute atomic E-state index is 0.0447. The van der Waals surface area contributed by atoms with Crippen LogP contribution in [0.15, 0.2) is 17.2 Å². The summed E-state index contributed by atoms with van der Waals surface area (Å²) >= 11 is 0. The number of carbonyl (C=O) groups excluding carboxylic acids is 1. The Morgan fingerprint density at radius 1 is 1.43 bits per heavy atom. The lowest BCUT2D eigenvalue weighted by molar-refractivity contribution is 0.0933. The van der Waals surface area contributed by atoms with Gasteiger partial charge in [-0.05, 0) is 43.1 Å². The van der Waals surface area contributed by atoms with Crippen molar-refractivity contribution in [2.24, 2.45) is 24.8 Å². The molecule has 5 nitrogen and oxygen atoms in total. The molecular weight excluding hydrogens is 312 g/mol. The highest BCUT2D eigenvalue weighted by atomic mass is 35.7. The van der Waals surface area contributed by atoms with Crippen molar-refractivity contribution in [3.63, 3.8) is 0 Å². The first kappa shape index (κ1) is 14.9. The largest absolute Gasteiger partial charge is 0.350 e. The molecule has 2 aliphatic rings. The minimum atomic E-state index is -3.80. The lowest BCUT2D eigenvalue weighted by atomic mass is 9.89. The van der Waals surface area contributed by atoms with Crippen LogP contribution in [0.3, 0.4) is 0 Å². The molecule has 3 rings (SSSR count). The van der Waals surface area contributed by atoms with E-state index in [1.165, 1.54) is 42.5 Å². The number of amides is 1. The van der Waals surface area contributed by atoms with Crippen LogP contribution in [0.1, 0.15) is 36.2 Å². The van der Waals surface area contributed by atoms with Crippen LogP contribution in [0.5, 0.6) is 0 Å². The first-order chi connectivity index (χ1) is 9.84. The maximum absolute atomic E-state index is 12.2. The first-order valence-corrected chi connectivity index (χ1v) is 9.54. The van der Waals surface area contributed by atoms with Crippen LogP contribution < -0.4 is 5.32 Å². The lowest BCUT2D eigenvalue weighted by Crippen LogP contribution is -2.32. The standard InChI is InChI=1S/C14H19ClN2O3S/c1-17-8-12(21(15,19)20)6-13(17)14(18)16-7-11-5-9-2-3-10(11)4-9/h6,8-11H,2-5,7H2,1H3,(H,16,18). The van der Waals surface area contributed by atoms with Gasteiger partial charge in [0.05, 0.1) is 0 Å². The van der Waals surface area contributed by atoms with Gasteiger partial charge in [0.1, 0.15) is 10.6 Å². The average molecular weight is 331 g/mol. The van der Waals surface area contributed by atoms with Gasteiger partial charge in [-0.3, -0.25) is 4.79 Å². The smallest absolute Gasteiger partial charge is 0.267 e. The van der Waals surface area contributed by atoms with Gasteiger partial charge in [0.25, 0.3) is 15.0 Å². The van der Waals surface area contributed by atoms with Crippen molar-refractivity contribution < 1.29 is 13.2 Å². The molecule has 0 spiro atoms. The van der Waals surface area contributed by atoms with Gasteiger partial charge in [-0.15, -0.1) is 0 Å². The summed E-state index contributed by atoms with van der Waals surface area (Å²) in [7, 11) is 3.13. The number of halogens is 1. The molecule has 0 aromatic carbocycles. The summed E-state index contributed by atoms with van der Waals surface area (Å²) < 4.78 is 24.1. The second-order valence-electron chi connectivity index (χ2n) is 6.25. The summed E-state index contributed by atoms with van der Waals surface area (Å²) in [5.41, 5.74) is 0.317. The Kier molecular flexibility index (Phi) is 3.78. The van der Waals surface area contributed by atoms with E-state index in [-0.39, 0.29) is 10.8 Å². The molecule has 1 N–H and O–H groups in total. The van der Waals surface area contributed by atoms with Crippen molar-refractivity contribution in [1.29, 1.82) is 0 Å². The van der Waals surface area contributed by atoms with Gasteiger partial charge in [-0.2, -0.15) is 0 Å². The number of hydrogen-bond donors (Lipinski definition) is 1. The number of nitrogens with zero attached hydrogens (tertiary/aromatic N) is 1. The number of nitrogens with one attached hydrogen (secondary N) is 1. The van der Waals surface area contributed by atoms with Crippen molar-refractivity contribution in [1.82, 2.24) is 9.88 Å². The molecule has 1 aromatic heterocycles. The third kappa shape index (κ3) is 2.97. The molecule has 2 fully saturated rings. The van der Waals surface area contributed by atoms with Crippen LogP contribution >= 0.6 is 10.7 Å². The van der Waals surface area contributed by atoms with Gasteiger partial charge in [-0.1, -0.05) is 6.42 Å². The molecule has 1 aromatic rings. The van der Waals surface area contributed by atoms with E-state index in [0.29, 0.717) is 18.2 Å². The summed E-state index contributed by atoms with van der Waals surface area (Å²) in [6.07, 6.45) is 6.49. The zero-order chi connectivity index (χ0) is 15.2. The number of fused-ring (bicyclic) bond motifs is 2. The summed E-state index contributed by atoms with van der Waals surface area (Å²) in [6.45, 7) is 0.675. The van der Waals surface area contributed by atoms with Crippen LogP contribution in [-0.4, -0.2) is 25.4 Å². The topological polar surface area (TPSA) is 68.2 Å². The van der Waals surface area contributed by atoms with Crippen molar-refractivity contribution in [2.45, 2.75) is 30.6 Å². The number of aryl methyl sites for hydroxylation is 1. The highest BCUT2D eigenvalue weighted by Gasteiger charge is 2.39. The second-order valence-corrected chi connectivity index (χ2v) is 8.82.